The molecular formula is C28H19FO8. The summed E-state index contributed by atoms with van der Waals surface area (Å²) in [6.07, 6.45) is 2.83. The van der Waals surface area contributed by atoms with Crippen LogP contribution in [0.3, 0.4) is 0 Å². The molecule has 0 N–H and O–H groups in total. The monoisotopic (exact) mass is 502 g/mol. The van der Waals surface area contributed by atoms with Crippen LogP contribution in [0.5, 0.6) is 23.0 Å². The second-order valence-electron chi connectivity index (χ2n) is 7.11. The highest BCUT2D eigenvalue weighted by atomic mass is 19.1. The third kappa shape index (κ3) is 6.43. The van der Waals surface area contributed by atoms with E-state index in [4.69, 9.17) is 18.9 Å². The van der Waals surface area contributed by atoms with Crippen LogP contribution in [0.4, 0.5) is 4.39 Å². The zero-order valence-electron chi connectivity index (χ0n) is 19.3. The van der Waals surface area contributed by atoms with Crippen molar-refractivity contribution in [2.24, 2.45) is 0 Å². The molecule has 0 fully saturated rings. The number of hydrogen-bond acceptors (Lipinski definition) is 8. The van der Waals surface area contributed by atoms with Gasteiger partial charge in [-0.25, -0.2) is 18.8 Å². The van der Waals surface area contributed by atoms with Gasteiger partial charge in [-0.05, 0) is 47.0 Å². The Balaban J connectivity index is 1.99. The largest absolute Gasteiger partial charge is 0.425 e. The summed E-state index contributed by atoms with van der Waals surface area (Å²) in [4.78, 5) is 45.7. The van der Waals surface area contributed by atoms with Crippen molar-refractivity contribution in [3.05, 3.63) is 98.4 Å². The van der Waals surface area contributed by atoms with Gasteiger partial charge >= 0.3 is 17.9 Å². The van der Waals surface area contributed by atoms with Crippen LogP contribution in [0, 0.1) is 5.82 Å². The molecule has 0 saturated carbocycles. The highest BCUT2D eigenvalue weighted by molar-refractivity contribution is 5.87. The lowest BCUT2D eigenvalue weighted by atomic mass is 9.99. The molecule has 0 saturated heterocycles. The Morgan fingerprint density at radius 1 is 0.622 bits per heavy atom. The Morgan fingerprint density at radius 3 is 1.62 bits per heavy atom. The van der Waals surface area contributed by atoms with Crippen molar-refractivity contribution in [2.45, 2.75) is 0 Å². The summed E-state index contributed by atoms with van der Waals surface area (Å²) in [7, 11) is 0. The van der Waals surface area contributed by atoms with E-state index in [1.807, 2.05) is 0 Å². The number of esters is 3. The number of halogens is 1. The maximum absolute atomic E-state index is 15.2. The molecule has 3 rings (SSSR count). The van der Waals surface area contributed by atoms with Crippen molar-refractivity contribution in [1.82, 2.24) is 0 Å². The first-order valence-electron chi connectivity index (χ1n) is 10.5. The lowest BCUT2D eigenvalue weighted by molar-refractivity contribution is -0.131. The van der Waals surface area contributed by atoms with Crippen LogP contribution in [0.25, 0.3) is 22.3 Å². The Bertz CT molecular complexity index is 1420. The van der Waals surface area contributed by atoms with E-state index >= 15 is 4.39 Å². The summed E-state index contributed by atoms with van der Waals surface area (Å²) in [5, 5.41) is 0. The van der Waals surface area contributed by atoms with Crippen molar-refractivity contribution in [3.8, 4) is 45.3 Å². The fraction of sp³-hybridized carbons (Fsp3) is 0. The lowest BCUT2D eigenvalue weighted by Gasteiger charge is -2.13. The van der Waals surface area contributed by atoms with Crippen molar-refractivity contribution in [1.29, 1.82) is 0 Å². The van der Waals surface area contributed by atoms with Crippen LogP contribution >= 0.6 is 0 Å². The number of ether oxygens (including phenoxy) is 4. The summed E-state index contributed by atoms with van der Waals surface area (Å²) in [5.74, 6) is -3.20. The molecule has 0 unspecified atom stereocenters. The first-order chi connectivity index (χ1) is 17.8. The Hall–Kier alpha value is -5.31. The molecule has 0 aromatic heterocycles. The predicted octanol–water partition coefficient (Wildman–Crippen LogP) is 4.97. The van der Waals surface area contributed by atoms with Gasteiger partial charge in [-0.3, -0.25) is 4.79 Å². The van der Waals surface area contributed by atoms with Crippen molar-refractivity contribution in [2.75, 3.05) is 0 Å². The first kappa shape index (κ1) is 26.3. The topological polar surface area (TPSA) is 105 Å². The number of benzene rings is 3. The summed E-state index contributed by atoms with van der Waals surface area (Å²) >= 11 is 0. The average molecular weight is 502 g/mol. The van der Waals surface area contributed by atoms with Gasteiger partial charge < -0.3 is 18.9 Å². The average Bonchev–Trinajstić information content (AvgIpc) is 2.90. The zero-order valence-corrected chi connectivity index (χ0v) is 19.3. The van der Waals surface area contributed by atoms with Crippen LogP contribution in [0.1, 0.15) is 0 Å². The molecule has 0 atom stereocenters. The molecule has 186 valence electrons. The van der Waals surface area contributed by atoms with Crippen LogP contribution in [-0.2, 0) is 19.2 Å². The molecule has 0 aliphatic heterocycles. The minimum atomic E-state index is -0.787. The van der Waals surface area contributed by atoms with E-state index in [-0.39, 0.29) is 35.0 Å². The molecule has 37 heavy (non-hydrogen) atoms. The maximum Gasteiger partial charge on any atom is 0.335 e. The predicted molar refractivity (Wildman–Crippen MR) is 131 cm³/mol. The van der Waals surface area contributed by atoms with Crippen LogP contribution in [0.15, 0.2) is 92.6 Å². The van der Waals surface area contributed by atoms with Gasteiger partial charge in [0.05, 0.1) is 0 Å². The minimum Gasteiger partial charge on any atom is -0.425 e. The summed E-state index contributed by atoms with van der Waals surface area (Å²) in [6, 6.07) is 12.8. The maximum atomic E-state index is 15.2. The normalized spacial score (nSPS) is 9.97. The van der Waals surface area contributed by atoms with Gasteiger partial charge in [-0.1, -0.05) is 44.0 Å². The van der Waals surface area contributed by atoms with E-state index < -0.39 is 23.7 Å². The van der Waals surface area contributed by atoms with Gasteiger partial charge in [-0.2, -0.15) is 0 Å². The fourth-order valence-corrected chi connectivity index (χ4v) is 3.13. The molecule has 8 nitrogen and oxygen atoms in total. The van der Waals surface area contributed by atoms with Crippen LogP contribution < -0.4 is 18.9 Å². The molecule has 0 bridgehead atoms. The molecule has 0 aliphatic carbocycles. The number of rotatable bonds is 10. The van der Waals surface area contributed by atoms with E-state index in [9.17, 15) is 19.2 Å². The van der Waals surface area contributed by atoms with Crippen molar-refractivity contribution < 1.29 is 42.5 Å². The zero-order chi connectivity index (χ0) is 26.9. The molecule has 0 radical (unpaired) electrons. The van der Waals surface area contributed by atoms with E-state index in [1.165, 1.54) is 42.5 Å². The number of carbonyl (C=O) groups excluding carboxylic acids is 4. The quantitative estimate of drug-likeness (QED) is 0.166. The van der Waals surface area contributed by atoms with Gasteiger partial charge in [0.2, 0.25) is 0 Å². The summed E-state index contributed by atoms with van der Waals surface area (Å²) < 4.78 is 35.3. The van der Waals surface area contributed by atoms with E-state index in [2.05, 4.69) is 19.7 Å². The van der Waals surface area contributed by atoms with Crippen molar-refractivity contribution >= 4 is 24.4 Å². The Kier molecular flexibility index (Phi) is 8.45. The van der Waals surface area contributed by atoms with Gasteiger partial charge in [0.1, 0.15) is 5.82 Å². The third-order valence-electron chi connectivity index (χ3n) is 4.81. The van der Waals surface area contributed by atoms with E-state index in [0.29, 0.717) is 16.7 Å². The lowest BCUT2D eigenvalue weighted by Crippen LogP contribution is -2.08. The fourth-order valence-electron chi connectivity index (χ4n) is 3.13. The SMILES string of the molecule is C=CC(=O)Oc1ccc(-c2ccc(-c3ccc(OC(=O)C=C)c(OC(=O)C=C)c3)cc2F)cc1OC=O. The molecular weight excluding hydrogens is 483 g/mol. The molecule has 0 spiro atoms. The van der Waals surface area contributed by atoms with E-state index in [1.54, 1.807) is 12.1 Å². The van der Waals surface area contributed by atoms with Gasteiger partial charge in [-0.15, -0.1) is 0 Å². The van der Waals surface area contributed by atoms with Crippen LogP contribution in [0.2, 0.25) is 0 Å². The molecule has 0 heterocycles. The molecule has 3 aromatic rings. The first-order valence-corrected chi connectivity index (χ1v) is 10.5. The smallest absolute Gasteiger partial charge is 0.335 e. The van der Waals surface area contributed by atoms with Crippen LogP contribution in [-0.4, -0.2) is 24.4 Å². The minimum absolute atomic E-state index is 0.0408. The number of hydrogen-bond donors (Lipinski definition) is 0. The molecule has 0 amide bonds. The van der Waals surface area contributed by atoms with Gasteiger partial charge in [0, 0.05) is 23.8 Å². The van der Waals surface area contributed by atoms with Gasteiger partial charge in [0.15, 0.2) is 23.0 Å². The number of carbonyl (C=O) groups is 4. The Labute approximate surface area is 210 Å². The molecule has 0 aliphatic rings. The molecule has 9 heteroatoms. The Morgan fingerprint density at radius 2 is 1.08 bits per heavy atom. The third-order valence-corrected chi connectivity index (χ3v) is 4.81. The second kappa shape index (κ2) is 11.9. The van der Waals surface area contributed by atoms with Gasteiger partial charge in [0.25, 0.3) is 6.47 Å². The van der Waals surface area contributed by atoms with E-state index in [0.717, 1.165) is 18.2 Å². The summed E-state index contributed by atoms with van der Waals surface area (Å²) in [6.45, 7) is 10.1. The molecule has 3 aromatic carbocycles. The highest BCUT2D eigenvalue weighted by Crippen LogP contribution is 2.37. The second-order valence-corrected chi connectivity index (χ2v) is 7.11. The summed E-state index contributed by atoms with van der Waals surface area (Å²) in [5.41, 5.74) is 1.37. The standard InChI is InChI=1S/C28H19FO8/c1-4-26(31)35-22-12-9-19(15-24(22)34-16-30)20-10-7-17(13-21(20)29)18-8-11-23(36-27(32)5-2)25(14-18)37-28(33)6-3/h4-16H,1-3H2. The van der Waals surface area contributed by atoms with Crippen molar-refractivity contribution in [3.63, 3.8) is 0 Å². The highest BCUT2D eigenvalue weighted by Gasteiger charge is 2.16.